The predicted octanol–water partition coefficient (Wildman–Crippen LogP) is 1.39. The van der Waals surface area contributed by atoms with Crippen LogP contribution in [0.15, 0.2) is 5.38 Å². The van der Waals surface area contributed by atoms with E-state index in [9.17, 15) is 9.59 Å². The second kappa shape index (κ2) is 4.44. The molecule has 2 rings (SSSR count). The SMILES string of the molecule is Cc1nc(C(=O)N2CCC(C(=O)O)C2C)cs1. The zero-order chi connectivity index (χ0) is 12.6. The summed E-state index contributed by atoms with van der Waals surface area (Å²) in [7, 11) is 0. The van der Waals surface area contributed by atoms with Crippen molar-refractivity contribution in [3.63, 3.8) is 0 Å². The van der Waals surface area contributed by atoms with Gasteiger partial charge in [0.2, 0.25) is 0 Å². The van der Waals surface area contributed by atoms with Gasteiger partial charge >= 0.3 is 5.97 Å². The maximum atomic E-state index is 12.1. The summed E-state index contributed by atoms with van der Waals surface area (Å²) < 4.78 is 0. The van der Waals surface area contributed by atoms with Gasteiger partial charge in [0.15, 0.2) is 0 Å². The Morgan fingerprint density at radius 3 is 2.76 bits per heavy atom. The molecule has 1 N–H and O–H groups in total. The van der Waals surface area contributed by atoms with Crippen LogP contribution in [0.3, 0.4) is 0 Å². The summed E-state index contributed by atoms with van der Waals surface area (Å²) in [5, 5.41) is 11.6. The number of aliphatic carboxylic acids is 1. The largest absolute Gasteiger partial charge is 0.481 e. The van der Waals surface area contributed by atoms with Crippen molar-refractivity contribution in [1.29, 1.82) is 0 Å². The van der Waals surface area contributed by atoms with Crippen LogP contribution in [0.4, 0.5) is 0 Å². The molecule has 6 heteroatoms. The molecular weight excluding hydrogens is 240 g/mol. The van der Waals surface area contributed by atoms with E-state index in [1.807, 2.05) is 6.92 Å². The zero-order valence-corrected chi connectivity index (χ0v) is 10.5. The Kier molecular flexibility index (Phi) is 3.15. The van der Waals surface area contributed by atoms with Gasteiger partial charge in [-0.15, -0.1) is 11.3 Å². The van der Waals surface area contributed by atoms with Gasteiger partial charge in [-0.05, 0) is 20.3 Å². The minimum Gasteiger partial charge on any atom is -0.481 e. The Labute approximate surface area is 103 Å². The van der Waals surface area contributed by atoms with Crippen LogP contribution in [0.25, 0.3) is 0 Å². The molecule has 1 aromatic heterocycles. The molecule has 0 saturated carbocycles. The molecular formula is C11H14N2O3S. The van der Waals surface area contributed by atoms with Crippen LogP contribution in [-0.4, -0.2) is 39.5 Å². The highest BCUT2D eigenvalue weighted by Gasteiger charge is 2.38. The Bertz CT molecular complexity index is 457. The fourth-order valence-electron chi connectivity index (χ4n) is 2.17. The average Bonchev–Trinajstić information content (AvgIpc) is 2.83. The topological polar surface area (TPSA) is 70.5 Å². The number of thiazole rings is 1. The van der Waals surface area contributed by atoms with Crippen molar-refractivity contribution < 1.29 is 14.7 Å². The third kappa shape index (κ3) is 2.17. The van der Waals surface area contributed by atoms with Crippen molar-refractivity contribution in [3.05, 3.63) is 16.1 Å². The maximum absolute atomic E-state index is 12.1. The Hall–Kier alpha value is -1.43. The van der Waals surface area contributed by atoms with Gasteiger partial charge in [0.05, 0.1) is 10.9 Å². The summed E-state index contributed by atoms with van der Waals surface area (Å²) in [6.45, 7) is 4.12. The van der Waals surface area contributed by atoms with Crippen molar-refractivity contribution in [3.8, 4) is 0 Å². The Morgan fingerprint density at radius 1 is 1.59 bits per heavy atom. The van der Waals surface area contributed by atoms with Gasteiger partial charge in [0.25, 0.3) is 5.91 Å². The fourth-order valence-corrected chi connectivity index (χ4v) is 2.75. The molecule has 0 aromatic carbocycles. The van der Waals surface area contributed by atoms with Crippen LogP contribution < -0.4 is 0 Å². The van der Waals surface area contributed by atoms with Crippen molar-refractivity contribution in [2.45, 2.75) is 26.3 Å². The van der Waals surface area contributed by atoms with Crippen LogP contribution in [-0.2, 0) is 4.79 Å². The van der Waals surface area contributed by atoms with E-state index in [0.29, 0.717) is 18.7 Å². The molecule has 1 fully saturated rings. The highest BCUT2D eigenvalue weighted by Crippen LogP contribution is 2.26. The smallest absolute Gasteiger partial charge is 0.308 e. The number of carbonyl (C=O) groups excluding carboxylic acids is 1. The second-order valence-corrected chi connectivity index (χ2v) is 5.29. The summed E-state index contributed by atoms with van der Waals surface area (Å²) in [6, 6.07) is -0.262. The molecule has 0 radical (unpaired) electrons. The van der Waals surface area contributed by atoms with Crippen molar-refractivity contribution >= 4 is 23.2 Å². The number of rotatable bonds is 2. The Balaban J connectivity index is 2.14. The van der Waals surface area contributed by atoms with Crippen LogP contribution in [0, 0.1) is 12.8 Å². The lowest BCUT2D eigenvalue weighted by Gasteiger charge is -2.22. The van der Waals surface area contributed by atoms with E-state index >= 15 is 0 Å². The summed E-state index contributed by atoms with van der Waals surface area (Å²) in [4.78, 5) is 28.8. The normalized spacial score (nSPS) is 24.0. The first kappa shape index (κ1) is 12.0. The van der Waals surface area contributed by atoms with Gasteiger partial charge < -0.3 is 10.0 Å². The highest BCUT2D eigenvalue weighted by atomic mass is 32.1. The molecule has 1 amide bonds. The standard InChI is InChI=1S/C11H14N2O3S/c1-6-8(11(15)16)3-4-13(6)10(14)9-5-17-7(2)12-9/h5-6,8H,3-4H2,1-2H3,(H,15,16). The number of amides is 1. The third-order valence-electron chi connectivity index (χ3n) is 3.17. The Morgan fingerprint density at radius 2 is 2.29 bits per heavy atom. The van der Waals surface area contributed by atoms with E-state index in [4.69, 9.17) is 5.11 Å². The first-order valence-electron chi connectivity index (χ1n) is 5.46. The van der Waals surface area contributed by atoms with Crippen molar-refractivity contribution in [2.24, 2.45) is 5.92 Å². The molecule has 2 unspecified atom stereocenters. The number of aromatic nitrogens is 1. The summed E-state index contributed by atoms with van der Waals surface area (Å²) in [5.74, 6) is -1.45. The zero-order valence-electron chi connectivity index (χ0n) is 9.71. The third-order valence-corrected chi connectivity index (χ3v) is 3.94. The summed E-state index contributed by atoms with van der Waals surface area (Å²) in [6.07, 6.45) is 0.519. The number of carboxylic acid groups (broad SMARTS) is 1. The van der Waals surface area contributed by atoms with E-state index in [2.05, 4.69) is 4.98 Å². The molecule has 92 valence electrons. The van der Waals surface area contributed by atoms with Gasteiger partial charge in [-0.25, -0.2) is 4.98 Å². The van der Waals surface area contributed by atoms with Gasteiger partial charge in [-0.1, -0.05) is 0 Å². The van der Waals surface area contributed by atoms with E-state index in [1.54, 1.807) is 17.2 Å². The predicted molar refractivity (Wildman–Crippen MR) is 63.1 cm³/mol. The molecule has 2 atom stereocenters. The number of carboxylic acids is 1. The van der Waals surface area contributed by atoms with Gasteiger partial charge in [0, 0.05) is 18.0 Å². The van der Waals surface area contributed by atoms with E-state index < -0.39 is 11.9 Å². The molecule has 1 saturated heterocycles. The molecule has 0 spiro atoms. The van der Waals surface area contributed by atoms with Crippen molar-refractivity contribution in [1.82, 2.24) is 9.88 Å². The van der Waals surface area contributed by atoms with Gasteiger partial charge in [0.1, 0.15) is 5.69 Å². The highest BCUT2D eigenvalue weighted by molar-refractivity contribution is 7.09. The molecule has 0 bridgehead atoms. The number of aryl methyl sites for hydroxylation is 1. The number of hydrogen-bond donors (Lipinski definition) is 1. The first-order chi connectivity index (χ1) is 8.00. The number of hydrogen-bond acceptors (Lipinski definition) is 4. The van der Waals surface area contributed by atoms with E-state index in [-0.39, 0.29) is 11.9 Å². The minimum absolute atomic E-state index is 0.161. The van der Waals surface area contributed by atoms with Crippen molar-refractivity contribution in [2.75, 3.05) is 6.54 Å². The van der Waals surface area contributed by atoms with E-state index in [1.165, 1.54) is 11.3 Å². The summed E-state index contributed by atoms with van der Waals surface area (Å²) >= 11 is 1.42. The molecule has 5 nitrogen and oxygen atoms in total. The second-order valence-electron chi connectivity index (χ2n) is 4.22. The number of likely N-dealkylation sites (tertiary alicyclic amines) is 1. The van der Waals surface area contributed by atoms with E-state index in [0.717, 1.165) is 5.01 Å². The lowest BCUT2D eigenvalue weighted by Crippen LogP contribution is -2.37. The number of carbonyl (C=O) groups is 2. The fraction of sp³-hybridized carbons (Fsp3) is 0.545. The minimum atomic E-state index is -0.831. The van der Waals surface area contributed by atoms with Crippen LogP contribution in [0.5, 0.6) is 0 Å². The maximum Gasteiger partial charge on any atom is 0.308 e. The molecule has 1 aliphatic rings. The van der Waals surface area contributed by atoms with Crippen LogP contribution in [0.1, 0.15) is 28.8 Å². The lowest BCUT2D eigenvalue weighted by molar-refractivity contribution is -0.142. The van der Waals surface area contributed by atoms with Crippen LogP contribution >= 0.6 is 11.3 Å². The first-order valence-corrected chi connectivity index (χ1v) is 6.34. The quantitative estimate of drug-likeness (QED) is 0.865. The molecule has 17 heavy (non-hydrogen) atoms. The van der Waals surface area contributed by atoms with Gasteiger partial charge in [-0.2, -0.15) is 0 Å². The molecule has 0 aliphatic carbocycles. The molecule has 1 aromatic rings. The van der Waals surface area contributed by atoms with Crippen LogP contribution in [0.2, 0.25) is 0 Å². The number of nitrogens with zero attached hydrogens (tertiary/aromatic N) is 2. The average molecular weight is 254 g/mol. The summed E-state index contributed by atoms with van der Waals surface area (Å²) in [5.41, 5.74) is 0.422. The monoisotopic (exact) mass is 254 g/mol. The van der Waals surface area contributed by atoms with Gasteiger partial charge in [-0.3, -0.25) is 9.59 Å². The lowest BCUT2D eigenvalue weighted by atomic mass is 10.0. The molecule has 2 heterocycles. The molecule has 1 aliphatic heterocycles.